The largest absolute Gasteiger partial charge is 0.345 e. The van der Waals surface area contributed by atoms with Gasteiger partial charge in [-0.25, -0.2) is 9.97 Å². The third kappa shape index (κ3) is 4.02. The van der Waals surface area contributed by atoms with E-state index in [-0.39, 0.29) is 11.1 Å². The maximum absolute atomic E-state index is 12.1. The van der Waals surface area contributed by atoms with E-state index >= 15 is 0 Å². The van der Waals surface area contributed by atoms with E-state index in [4.69, 9.17) is 0 Å². The van der Waals surface area contributed by atoms with Crippen LogP contribution >= 0.6 is 0 Å². The zero-order valence-electron chi connectivity index (χ0n) is 14.6. The molecule has 0 bridgehead atoms. The van der Waals surface area contributed by atoms with Crippen LogP contribution in [0.3, 0.4) is 0 Å². The van der Waals surface area contributed by atoms with E-state index in [0.717, 1.165) is 19.3 Å². The summed E-state index contributed by atoms with van der Waals surface area (Å²) in [4.78, 5) is 30.9. The molecule has 0 aliphatic heterocycles. The molecule has 3 rings (SSSR count). The number of carbonyl (C=O) groups excluding carboxylic acids is 2. The number of carbonyl (C=O) groups is 2. The first-order valence-electron chi connectivity index (χ1n) is 8.46. The Labute approximate surface area is 154 Å². The van der Waals surface area contributed by atoms with Gasteiger partial charge in [0.05, 0.1) is 11.1 Å². The van der Waals surface area contributed by atoms with Gasteiger partial charge in [0.25, 0.3) is 5.91 Å². The molecule has 1 saturated carbocycles. The van der Waals surface area contributed by atoms with Crippen molar-refractivity contribution < 1.29 is 18.4 Å². The molecule has 27 heavy (non-hydrogen) atoms. The van der Waals surface area contributed by atoms with Crippen LogP contribution in [0.2, 0.25) is 0 Å². The molecular formula is C18H19F2N5O2. The third-order valence-corrected chi connectivity index (χ3v) is 4.63. The lowest BCUT2D eigenvalue weighted by Crippen LogP contribution is -2.44. The van der Waals surface area contributed by atoms with Gasteiger partial charge >= 0.3 is 12.3 Å². The monoisotopic (exact) mass is 375 g/mol. The molecule has 1 aromatic carbocycles. The van der Waals surface area contributed by atoms with Crippen molar-refractivity contribution in [3.05, 3.63) is 53.3 Å². The quantitative estimate of drug-likeness (QED) is 0.697. The summed E-state index contributed by atoms with van der Waals surface area (Å²) in [5, 5.41) is 3.36. The number of halogens is 2. The number of nitrogens with one attached hydrogen (secondary N) is 3. The lowest BCUT2D eigenvalue weighted by molar-refractivity contribution is -0.132. The normalized spacial score (nSPS) is 15.0. The summed E-state index contributed by atoms with van der Waals surface area (Å²) in [6.45, 7) is 2.05. The Balaban J connectivity index is 1.68. The molecular weight excluding hydrogens is 356 g/mol. The second-order valence-electron chi connectivity index (χ2n) is 6.41. The molecule has 0 saturated heterocycles. The van der Waals surface area contributed by atoms with Crippen molar-refractivity contribution in [3.63, 3.8) is 0 Å². The molecule has 9 heteroatoms. The zero-order valence-corrected chi connectivity index (χ0v) is 14.6. The Bertz CT molecular complexity index is 838. The number of hydrazine groups is 1. The maximum atomic E-state index is 12.1. The predicted molar refractivity (Wildman–Crippen MR) is 94.0 cm³/mol. The minimum atomic E-state index is -3.21. The molecule has 1 heterocycles. The average Bonchev–Trinajstić information content (AvgIpc) is 2.63. The van der Waals surface area contributed by atoms with Crippen LogP contribution in [0.25, 0.3) is 0 Å². The molecule has 0 spiro atoms. The fourth-order valence-electron chi connectivity index (χ4n) is 3.07. The fourth-order valence-corrected chi connectivity index (χ4v) is 3.07. The standard InChI is InChI=1S/C18H19F2N5O2/c1-11-5-2-3-6-13(11)18(7-4-8-18)23-17-21-9-12(10-22-17)15(26)24-25-16(27)14(19)20/h2-3,5-6,9-10,14H,4,7-8H2,1H3,(H,24,26)(H,25,27)(H,21,22,23). The number of hydrogen-bond donors (Lipinski definition) is 3. The molecule has 1 aliphatic carbocycles. The van der Waals surface area contributed by atoms with Gasteiger partial charge in [-0.2, -0.15) is 8.78 Å². The van der Waals surface area contributed by atoms with Crippen LogP contribution in [0.1, 0.15) is 40.7 Å². The number of amides is 2. The van der Waals surface area contributed by atoms with Crippen molar-refractivity contribution in [3.8, 4) is 0 Å². The van der Waals surface area contributed by atoms with Crippen LogP contribution in [-0.4, -0.2) is 28.2 Å². The highest BCUT2D eigenvalue weighted by molar-refractivity contribution is 5.95. The Morgan fingerprint density at radius 2 is 1.78 bits per heavy atom. The zero-order chi connectivity index (χ0) is 19.4. The second-order valence-corrected chi connectivity index (χ2v) is 6.41. The van der Waals surface area contributed by atoms with Gasteiger partial charge in [-0.3, -0.25) is 20.4 Å². The lowest BCUT2D eigenvalue weighted by atomic mass is 9.70. The highest BCUT2D eigenvalue weighted by Gasteiger charge is 2.40. The van der Waals surface area contributed by atoms with Crippen LogP contribution in [0.4, 0.5) is 14.7 Å². The van der Waals surface area contributed by atoms with Crippen molar-refractivity contribution in [2.45, 2.75) is 38.2 Å². The van der Waals surface area contributed by atoms with E-state index in [0.29, 0.717) is 5.95 Å². The smallest absolute Gasteiger partial charge is 0.317 e. The van der Waals surface area contributed by atoms with E-state index in [1.807, 2.05) is 17.6 Å². The van der Waals surface area contributed by atoms with Crippen LogP contribution in [-0.2, 0) is 10.3 Å². The molecule has 0 radical (unpaired) electrons. The van der Waals surface area contributed by atoms with E-state index in [1.54, 1.807) is 5.43 Å². The summed E-state index contributed by atoms with van der Waals surface area (Å²) in [6, 6.07) is 8.11. The van der Waals surface area contributed by atoms with Crippen LogP contribution in [0.5, 0.6) is 0 Å². The number of rotatable bonds is 5. The molecule has 1 aromatic heterocycles. The van der Waals surface area contributed by atoms with E-state index in [2.05, 4.69) is 34.3 Å². The number of aryl methyl sites for hydroxylation is 1. The minimum Gasteiger partial charge on any atom is -0.345 e. The van der Waals surface area contributed by atoms with Crippen LogP contribution in [0, 0.1) is 6.92 Å². The molecule has 142 valence electrons. The van der Waals surface area contributed by atoms with Gasteiger partial charge in [0.15, 0.2) is 0 Å². The number of alkyl halides is 2. The van der Waals surface area contributed by atoms with Crippen molar-refractivity contribution in [1.29, 1.82) is 0 Å². The third-order valence-electron chi connectivity index (χ3n) is 4.63. The first-order chi connectivity index (χ1) is 12.9. The van der Waals surface area contributed by atoms with Gasteiger partial charge in [-0.1, -0.05) is 24.3 Å². The van der Waals surface area contributed by atoms with Gasteiger partial charge in [0.2, 0.25) is 5.95 Å². The first kappa shape index (κ1) is 18.7. The molecule has 1 fully saturated rings. The Morgan fingerprint density at radius 3 is 2.33 bits per heavy atom. The van der Waals surface area contributed by atoms with Crippen molar-refractivity contribution in [1.82, 2.24) is 20.8 Å². The van der Waals surface area contributed by atoms with Gasteiger partial charge in [0, 0.05) is 12.4 Å². The highest BCUT2D eigenvalue weighted by Crippen LogP contribution is 2.44. The Kier molecular flexibility index (Phi) is 5.29. The summed E-state index contributed by atoms with van der Waals surface area (Å²) >= 11 is 0. The average molecular weight is 375 g/mol. The van der Waals surface area contributed by atoms with E-state index < -0.39 is 18.2 Å². The molecule has 2 amide bonds. The SMILES string of the molecule is Cc1ccccc1C1(Nc2ncc(C(=O)NNC(=O)C(F)F)cn2)CCC1. The Morgan fingerprint density at radius 1 is 1.11 bits per heavy atom. The summed E-state index contributed by atoms with van der Waals surface area (Å²) in [7, 11) is 0. The van der Waals surface area contributed by atoms with Crippen molar-refractivity contribution in [2.24, 2.45) is 0 Å². The topological polar surface area (TPSA) is 96.0 Å². The summed E-state index contributed by atoms with van der Waals surface area (Å²) in [5.41, 5.74) is 5.67. The molecule has 0 unspecified atom stereocenters. The molecule has 3 N–H and O–H groups in total. The summed E-state index contributed by atoms with van der Waals surface area (Å²) in [5.74, 6) is -2.01. The van der Waals surface area contributed by atoms with Crippen molar-refractivity contribution >= 4 is 17.8 Å². The van der Waals surface area contributed by atoms with Crippen LogP contribution in [0.15, 0.2) is 36.7 Å². The number of anilines is 1. The van der Waals surface area contributed by atoms with Gasteiger partial charge in [-0.05, 0) is 37.3 Å². The molecule has 2 aromatic rings. The molecule has 7 nitrogen and oxygen atoms in total. The van der Waals surface area contributed by atoms with Crippen molar-refractivity contribution in [2.75, 3.05) is 5.32 Å². The summed E-state index contributed by atoms with van der Waals surface area (Å²) in [6.07, 6.45) is 2.30. The number of nitrogens with zero attached hydrogens (tertiary/aromatic N) is 2. The van der Waals surface area contributed by atoms with Crippen LogP contribution < -0.4 is 16.2 Å². The highest BCUT2D eigenvalue weighted by atomic mass is 19.3. The minimum absolute atomic E-state index is 0.0358. The number of benzene rings is 1. The lowest BCUT2D eigenvalue weighted by Gasteiger charge is -2.44. The summed E-state index contributed by atoms with van der Waals surface area (Å²) < 4.78 is 24.2. The van der Waals surface area contributed by atoms with Gasteiger partial charge in [-0.15, -0.1) is 0 Å². The number of hydrogen-bond acceptors (Lipinski definition) is 5. The second kappa shape index (κ2) is 7.65. The van der Waals surface area contributed by atoms with Gasteiger partial charge in [0.1, 0.15) is 0 Å². The predicted octanol–water partition coefficient (Wildman–Crippen LogP) is 2.30. The van der Waals surface area contributed by atoms with Gasteiger partial charge < -0.3 is 5.32 Å². The van der Waals surface area contributed by atoms with E-state index in [1.165, 1.54) is 23.5 Å². The molecule has 1 aliphatic rings. The fraction of sp³-hybridized carbons (Fsp3) is 0.333. The maximum Gasteiger partial charge on any atom is 0.317 e. The first-order valence-corrected chi connectivity index (χ1v) is 8.46. The number of aromatic nitrogens is 2. The van der Waals surface area contributed by atoms with E-state index in [9.17, 15) is 18.4 Å². The molecule has 0 atom stereocenters. The Hall–Kier alpha value is -3.10.